The van der Waals surface area contributed by atoms with Gasteiger partial charge >= 0.3 is 0 Å². The summed E-state index contributed by atoms with van der Waals surface area (Å²) in [6, 6.07) is 12.7. The van der Waals surface area contributed by atoms with Crippen molar-refractivity contribution >= 4 is 29.0 Å². The highest BCUT2D eigenvalue weighted by molar-refractivity contribution is 6.31. The van der Waals surface area contributed by atoms with E-state index in [1.165, 1.54) is 0 Å². The summed E-state index contributed by atoms with van der Waals surface area (Å²) in [5.41, 5.74) is 2.58. The Morgan fingerprint density at radius 2 is 1.67 bits per heavy atom. The maximum absolute atomic E-state index is 12.1. The van der Waals surface area contributed by atoms with Crippen LogP contribution in [-0.2, 0) is 6.42 Å². The third-order valence-electron chi connectivity index (χ3n) is 2.64. The molecule has 18 heavy (non-hydrogen) atoms. The normalized spacial score (nSPS) is 10.4. The summed E-state index contributed by atoms with van der Waals surface area (Å²) in [6.45, 7) is 1.92. The molecule has 0 aliphatic carbocycles. The minimum Gasteiger partial charge on any atom is -0.294 e. The van der Waals surface area contributed by atoms with Crippen LogP contribution in [0, 0.1) is 6.92 Å². The highest BCUT2D eigenvalue weighted by Crippen LogP contribution is 2.17. The largest absolute Gasteiger partial charge is 0.294 e. The van der Waals surface area contributed by atoms with E-state index < -0.39 is 0 Å². The van der Waals surface area contributed by atoms with Crippen LogP contribution in [0.1, 0.15) is 21.5 Å². The predicted octanol–water partition coefficient (Wildman–Crippen LogP) is 4.73. The monoisotopic (exact) mass is 278 g/mol. The molecule has 0 unspecified atom stereocenters. The van der Waals surface area contributed by atoms with E-state index in [9.17, 15) is 4.79 Å². The van der Waals surface area contributed by atoms with Crippen molar-refractivity contribution in [1.82, 2.24) is 0 Å². The minimum atomic E-state index is 0.0583. The number of benzene rings is 2. The van der Waals surface area contributed by atoms with Crippen molar-refractivity contribution in [3.63, 3.8) is 0 Å². The second kappa shape index (κ2) is 5.55. The van der Waals surface area contributed by atoms with Gasteiger partial charge in [-0.2, -0.15) is 0 Å². The highest BCUT2D eigenvalue weighted by Gasteiger charge is 2.08. The maximum atomic E-state index is 12.1. The molecule has 0 spiro atoms. The van der Waals surface area contributed by atoms with E-state index in [4.69, 9.17) is 23.2 Å². The predicted molar refractivity (Wildman–Crippen MR) is 75.7 cm³/mol. The number of halogens is 2. The molecule has 92 valence electrons. The van der Waals surface area contributed by atoms with Gasteiger partial charge in [-0.15, -0.1) is 0 Å². The van der Waals surface area contributed by atoms with Crippen LogP contribution in [0.15, 0.2) is 42.5 Å². The molecule has 0 aliphatic heterocycles. The van der Waals surface area contributed by atoms with E-state index in [0.29, 0.717) is 22.0 Å². The first-order valence-electron chi connectivity index (χ1n) is 5.59. The molecule has 2 aromatic rings. The van der Waals surface area contributed by atoms with Gasteiger partial charge in [0.2, 0.25) is 0 Å². The first-order valence-corrected chi connectivity index (χ1v) is 6.35. The molecule has 0 N–H and O–H groups in total. The van der Waals surface area contributed by atoms with Gasteiger partial charge in [-0.3, -0.25) is 4.79 Å². The van der Waals surface area contributed by atoms with Crippen LogP contribution in [0.25, 0.3) is 0 Å². The Labute approximate surface area is 116 Å². The summed E-state index contributed by atoms with van der Waals surface area (Å²) in [6.07, 6.45) is 0.358. The van der Waals surface area contributed by atoms with Gasteiger partial charge in [-0.05, 0) is 48.4 Å². The first kappa shape index (κ1) is 13.1. The zero-order chi connectivity index (χ0) is 13.1. The molecule has 0 atom stereocenters. The Morgan fingerprint density at radius 3 is 2.28 bits per heavy atom. The topological polar surface area (TPSA) is 17.1 Å². The molecule has 0 saturated heterocycles. The molecule has 0 bridgehead atoms. The van der Waals surface area contributed by atoms with Gasteiger partial charge in [0.05, 0.1) is 0 Å². The average molecular weight is 279 g/mol. The number of rotatable bonds is 3. The van der Waals surface area contributed by atoms with Crippen LogP contribution < -0.4 is 0 Å². The Kier molecular flexibility index (Phi) is 4.05. The number of aryl methyl sites for hydroxylation is 1. The van der Waals surface area contributed by atoms with Crippen molar-refractivity contribution in [3.8, 4) is 0 Å². The molecule has 2 rings (SSSR count). The van der Waals surface area contributed by atoms with Crippen LogP contribution in [0.5, 0.6) is 0 Å². The summed E-state index contributed by atoms with van der Waals surface area (Å²) in [5, 5.41) is 1.26. The smallest absolute Gasteiger partial charge is 0.167 e. The fourth-order valence-electron chi connectivity index (χ4n) is 1.79. The van der Waals surface area contributed by atoms with E-state index in [1.807, 2.05) is 31.2 Å². The van der Waals surface area contributed by atoms with Crippen LogP contribution in [-0.4, -0.2) is 5.78 Å². The number of carbonyl (C=O) groups is 1. The number of ketones is 1. The Bertz CT molecular complexity index is 553. The van der Waals surface area contributed by atoms with Gasteiger partial charge in [0.15, 0.2) is 5.78 Å². The Hall–Kier alpha value is -1.31. The van der Waals surface area contributed by atoms with E-state index in [2.05, 4.69) is 0 Å². The average Bonchev–Trinajstić information content (AvgIpc) is 2.31. The van der Waals surface area contributed by atoms with E-state index >= 15 is 0 Å². The molecule has 1 nitrogen and oxygen atoms in total. The second-order valence-corrected chi connectivity index (χ2v) is 5.12. The second-order valence-electron chi connectivity index (χ2n) is 4.24. The lowest BCUT2D eigenvalue weighted by Crippen LogP contribution is -2.03. The molecule has 0 saturated carbocycles. The van der Waals surface area contributed by atoms with Gasteiger partial charge in [0.1, 0.15) is 0 Å². The quantitative estimate of drug-likeness (QED) is 0.742. The van der Waals surface area contributed by atoms with Crippen molar-refractivity contribution in [3.05, 3.63) is 69.2 Å². The molecule has 0 fully saturated rings. The summed E-state index contributed by atoms with van der Waals surface area (Å²) in [7, 11) is 0. The number of Topliss-reactive ketones (excluding diaryl/α,β-unsaturated/α-hetero) is 1. The third kappa shape index (κ3) is 3.34. The van der Waals surface area contributed by atoms with E-state index in [1.54, 1.807) is 18.2 Å². The molecule has 2 aromatic carbocycles. The summed E-state index contributed by atoms with van der Waals surface area (Å²) < 4.78 is 0. The fraction of sp³-hybridized carbons (Fsp3) is 0.133. The zero-order valence-corrected chi connectivity index (χ0v) is 11.4. The zero-order valence-electron chi connectivity index (χ0n) is 9.91. The highest BCUT2D eigenvalue weighted by atomic mass is 35.5. The lowest BCUT2D eigenvalue weighted by atomic mass is 10.0. The molecule has 0 aromatic heterocycles. The number of hydrogen-bond donors (Lipinski definition) is 0. The van der Waals surface area contributed by atoms with Gasteiger partial charge in [0, 0.05) is 22.0 Å². The van der Waals surface area contributed by atoms with Crippen molar-refractivity contribution in [2.24, 2.45) is 0 Å². The Balaban J connectivity index is 2.19. The van der Waals surface area contributed by atoms with Crippen LogP contribution in [0.2, 0.25) is 10.0 Å². The molecule has 0 radical (unpaired) electrons. The minimum absolute atomic E-state index is 0.0583. The maximum Gasteiger partial charge on any atom is 0.167 e. The van der Waals surface area contributed by atoms with Crippen molar-refractivity contribution in [1.29, 1.82) is 0 Å². The summed E-state index contributed by atoms with van der Waals surface area (Å²) >= 11 is 11.8. The molecule has 0 amide bonds. The summed E-state index contributed by atoms with van der Waals surface area (Å²) in [4.78, 5) is 12.1. The van der Waals surface area contributed by atoms with Gasteiger partial charge in [0.25, 0.3) is 0 Å². The van der Waals surface area contributed by atoms with E-state index in [0.717, 1.165) is 11.1 Å². The SMILES string of the molecule is Cc1cc(Cl)cc(C(=O)Cc2ccc(Cl)cc2)c1. The Morgan fingerprint density at radius 1 is 1.00 bits per heavy atom. The van der Waals surface area contributed by atoms with E-state index in [-0.39, 0.29) is 5.78 Å². The van der Waals surface area contributed by atoms with Gasteiger partial charge in [-0.1, -0.05) is 35.3 Å². The fourth-order valence-corrected chi connectivity index (χ4v) is 2.20. The van der Waals surface area contributed by atoms with Crippen LogP contribution in [0.4, 0.5) is 0 Å². The molecule has 0 heterocycles. The lowest BCUT2D eigenvalue weighted by molar-refractivity contribution is 0.0993. The third-order valence-corrected chi connectivity index (χ3v) is 3.11. The van der Waals surface area contributed by atoms with Gasteiger partial charge < -0.3 is 0 Å². The lowest BCUT2D eigenvalue weighted by Gasteiger charge is -2.04. The standard InChI is InChI=1S/C15H12Cl2O/c1-10-6-12(9-14(17)7-10)15(18)8-11-2-4-13(16)5-3-11/h2-7,9H,8H2,1H3. The van der Waals surface area contributed by atoms with Crippen LogP contribution >= 0.6 is 23.2 Å². The molecular formula is C15H12Cl2O. The number of hydrogen-bond acceptors (Lipinski definition) is 1. The van der Waals surface area contributed by atoms with Gasteiger partial charge in [-0.25, -0.2) is 0 Å². The molecule has 0 aliphatic rings. The van der Waals surface area contributed by atoms with Crippen molar-refractivity contribution in [2.75, 3.05) is 0 Å². The van der Waals surface area contributed by atoms with Crippen molar-refractivity contribution < 1.29 is 4.79 Å². The summed E-state index contributed by atoms with van der Waals surface area (Å²) in [5.74, 6) is 0.0583. The molecular weight excluding hydrogens is 267 g/mol. The van der Waals surface area contributed by atoms with Crippen LogP contribution in [0.3, 0.4) is 0 Å². The number of carbonyl (C=O) groups excluding carboxylic acids is 1. The van der Waals surface area contributed by atoms with Crippen molar-refractivity contribution in [2.45, 2.75) is 13.3 Å². The molecule has 3 heteroatoms. The first-order chi connectivity index (χ1) is 8.54.